The molecule has 0 saturated carbocycles. The summed E-state index contributed by atoms with van der Waals surface area (Å²) in [6.07, 6.45) is 3.24. The number of hydrogen-bond donors (Lipinski definition) is 2. The predicted octanol–water partition coefficient (Wildman–Crippen LogP) is 5.48. The minimum absolute atomic E-state index is 0.142. The maximum Gasteiger partial charge on any atom is 0.299 e. The molecule has 0 aliphatic rings. The number of H-pyrrole nitrogens is 1. The molecule has 0 spiro atoms. The first-order valence-electron chi connectivity index (χ1n) is 9.91. The summed E-state index contributed by atoms with van der Waals surface area (Å²) < 4.78 is 16.4. The van der Waals surface area contributed by atoms with Crippen molar-refractivity contribution in [3.63, 3.8) is 0 Å². The zero-order valence-corrected chi connectivity index (χ0v) is 17.9. The first-order chi connectivity index (χ1) is 15.2. The van der Waals surface area contributed by atoms with Crippen molar-refractivity contribution in [3.05, 3.63) is 77.3 Å². The fourth-order valence-corrected chi connectivity index (χ4v) is 2.96. The fraction of sp³-hybridized carbons (Fsp3) is 0.167. The third-order valence-corrected chi connectivity index (χ3v) is 4.38. The molecule has 0 aliphatic heterocycles. The van der Waals surface area contributed by atoms with E-state index < -0.39 is 0 Å². The molecule has 7 nitrogen and oxygen atoms in total. The molecule has 0 atom stereocenters. The summed E-state index contributed by atoms with van der Waals surface area (Å²) in [5, 5.41) is 3.11. The molecule has 2 heterocycles. The van der Waals surface area contributed by atoms with Crippen LogP contribution in [0.1, 0.15) is 13.8 Å². The Bertz CT molecular complexity index is 1170. The first kappa shape index (κ1) is 21.7. The smallest absolute Gasteiger partial charge is 0.299 e. The number of hydrogen-bond acceptors (Lipinski definition) is 6. The van der Waals surface area contributed by atoms with Gasteiger partial charge in [-0.2, -0.15) is 0 Å². The fourth-order valence-electron chi connectivity index (χ4n) is 2.96. The second-order valence-electron chi connectivity index (χ2n) is 6.25. The van der Waals surface area contributed by atoms with Crippen molar-refractivity contribution in [2.75, 3.05) is 19.5 Å². The van der Waals surface area contributed by atoms with Gasteiger partial charge in [-0.25, -0.2) is 4.98 Å². The van der Waals surface area contributed by atoms with Gasteiger partial charge in [0, 0.05) is 41.2 Å². The lowest BCUT2D eigenvalue weighted by molar-refractivity contribution is 0.394. The summed E-state index contributed by atoms with van der Waals surface area (Å²) in [6.45, 7) is 4.00. The van der Waals surface area contributed by atoms with Crippen molar-refractivity contribution in [3.8, 4) is 33.9 Å². The predicted molar refractivity (Wildman–Crippen MR) is 122 cm³/mol. The molecule has 31 heavy (non-hydrogen) atoms. The average Bonchev–Trinajstić information content (AvgIpc) is 3.29. The molecule has 0 bridgehead atoms. The number of anilines is 2. The van der Waals surface area contributed by atoms with E-state index in [1.807, 2.05) is 50.2 Å². The Kier molecular flexibility index (Phi) is 7.11. The summed E-state index contributed by atoms with van der Waals surface area (Å²) in [5.74, 6) is 1.88. The monoisotopic (exact) mass is 419 g/mol. The molecule has 0 aliphatic carbocycles. The zero-order valence-electron chi connectivity index (χ0n) is 17.9. The molecule has 2 aromatic carbocycles. The van der Waals surface area contributed by atoms with Crippen LogP contribution in [0, 0.1) is 0 Å². The van der Waals surface area contributed by atoms with Crippen LogP contribution < -0.4 is 20.3 Å². The maximum atomic E-state index is 12.1. The number of methoxy groups -OCH3 is 2. The Balaban J connectivity index is 0.00000132. The number of aromatic nitrogens is 2. The normalized spacial score (nSPS) is 10.1. The quantitative estimate of drug-likeness (QED) is 0.430. The Hall–Kier alpha value is -4.00. The number of nitrogens with one attached hydrogen (secondary N) is 2. The topological polar surface area (TPSA) is 89.4 Å². The van der Waals surface area contributed by atoms with Gasteiger partial charge in [0.2, 0.25) is 0 Å². The Labute approximate surface area is 180 Å². The summed E-state index contributed by atoms with van der Waals surface area (Å²) in [7, 11) is 3.18. The van der Waals surface area contributed by atoms with E-state index in [9.17, 15) is 4.79 Å². The van der Waals surface area contributed by atoms with Crippen molar-refractivity contribution in [2.45, 2.75) is 13.8 Å². The minimum Gasteiger partial charge on any atom is -0.497 e. The second-order valence-corrected chi connectivity index (χ2v) is 6.25. The Morgan fingerprint density at radius 2 is 1.65 bits per heavy atom. The van der Waals surface area contributed by atoms with Gasteiger partial charge in [0.15, 0.2) is 5.76 Å². The van der Waals surface area contributed by atoms with E-state index in [1.54, 1.807) is 44.8 Å². The maximum absolute atomic E-state index is 12.1. The van der Waals surface area contributed by atoms with Gasteiger partial charge < -0.3 is 24.2 Å². The molecular weight excluding hydrogens is 394 g/mol. The van der Waals surface area contributed by atoms with Gasteiger partial charge in [-0.1, -0.05) is 32.0 Å². The van der Waals surface area contributed by atoms with E-state index in [-0.39, 0.29) is 5.56 Å². The third kappa shape index (κ3) is 5.14. The SMILES string of the molecule is CC.COc1cc(Nc2ncc(-c3cccc(-c4ccc[nH]c4=O)c3)o2)cc(OC)c1. The molecular formula is C24H25N3O4. The Morgan fingerprint density at radius 1 is 0.935 bits per heavy atom. The summed E-state index contributed by atoms with van der Waals surface area (Å²) in [6, 6.07) is 16.9. The molecule has 0 saturated heterocycles. The molecule has 2 aromatic heterocycles. The van der Waals surface area contributed by atoms with Crippen molar-refractivity contribution in [1.29, 1.82) is 0 Å². The van der Waals surface area contributed by atoms with Crippen LogP contribution in [0.3, 0.4) is 0 Å². The van der Waals surface area contributed by atoms with Crippen molar-refractivity contribution in [2.24, 2.45) is 0 Å². The molecule has 0 unspecified atom stereocenters. The summed E-state index contributed by atoms with van der Waals surface area (Å²) in [5.41, 5.74) is 2.79. The van der Waals surface area contributed by atoms with E-state index in [1.165, 1.54) is 0 Å². The van der Waals surface area contributed by atoms with Gasteiger partial charge in [-0.3, -0.25) is 4.79 Å². The largest absolute Gasteiger partial charge is 0.497 e. The Morgan fingerprint density at radius 3 is 2.32 bits per heavy atom. The van der Waals surface area contributed by atoms with Crippen LogP contribution in [0.25, 0.3) is 22.5 Å². The van der Waals surface area contributed by atoms with Gasteiger partial charge in [0.1, 0.15) is 11.5 Å². The lowest BCUT2D eigenvalue weighted by atomic mass is 10.0. The standard InChI is InChI=1S/C22H19N3O4.C2H6/c1-27-17-10-16(11-18(12-17)28-2)25-22-24-13-20(29-22)15-6-3-5-14(9-15)19-7-4-8-23-21(19)26;1-2/h3-13H,1-2H3,(H,23,26)(H,24,25);1-2H3. The van der Waals surface area contributed by atoms with Gasteiger partial charge in [0.25, 0.3) is 11.6 Å². The highest BCUT2D eigenvalue weighted by Crippen LogP contribution is 2.30. The van der Waals surface area contributed by atoms with Crippen LogP contribution in [0.2, 0.25) is 0 Å². The molecule has 2 N–H and O–H groups in total. The molecule has 0 radical (unpaired) electrons. The van der Waals surface area contributed by atoms with Crippen LogP contribution in [0.5, 0.6) is 11.5 Å². The molecule has 0 fully saturated rings. The van der Waals surface area contributed by atoms with E-state index in [0.717, 1.165) is 16.8 Å². The second kappa shape index (κ2) is 10.2. The van der Waals surface area contributed by atoms with Crippen LogP contribution in [0.15, 0.2) is 76.2 Å². The van der Waals surface area contributed by atoms with Gasteiger partial charge in [-0.15, -0.1) is 0 Å². The van der Waals surface area contributed by atoms with E-state index >= 15 is 0 Å². The van der Waals surface area contributed by atoms with E-state index in [4.69, 9.17) is 13.9 Å². The molecule has 7 heteroatoms. The van der Waals surface area contributed by atoms with Crippen molar-refractivity contribution in [1.82, 2.24) is 9.97 Å². The van der Waals surface area contributed by atoms with Gasteiger partial charge in [0.05, 0.1) is 20.4 Å². The highest BCUT2D eigenvalue weighted by Gasteiger charge is 2.10. The lowest BCUT2D eigenvalue weighted by Crippen LogP contribution is -2.06. The van der Waals surface area contributed by atoms with Crippen LogP contribution >= 0.6 is 0 Å². The zero-order chi connectivity index (χ0) is 22.2. The number of ether oxygens (including phenoxy) is 2. The number of rotatable bonds is 6. The van der Waals surface area contributed by atoms with Gasteiger partial charge in [-0.05, 0) is 23.8 Å². The van der Waals surface area contributed by atoms with E-state index in [2.05, 4.69) is 15.3 Å². The molecule has 4 aromatic rings. The molecule has 0 amide bonds. The number of pyridine rings is 1. The number of oxazole rings is 1. The minimum atomic E-state index is -0.142. The summed E-state index contributed by atoms with van der Waals surface area (Å²) >= 11 is 0. The number of nitrogens with zero attached hydrogens (tertiary/aromatic N) is 1. The van der Waals surface area contributed by atoms with Crippen LogP contribution in [0.4, 0.5) is 11.7 Å². The lowest BCUT2D eigenvalue weighted by Gasteiger charge is -2.08. The van der Waals surface area contributed by atoms with Gasteiger partial charge >= 0.3 is 0 Å². The summed E-state index contributed by atoms with van der Waals surface area (Å²) in [4.78, 5) is 19.0. The van der Waals surface area contributed by atoms with Crippen LogP contribution in [-0.2, 0) is 0 Å². The van der Waals surface area contributed by atoms with Crippen molar-refractivity contribution >= 4 is 11.7 Å². The third-order valence-electron chi connectivity index (χ3n) is 4.38. The number of benzene rings is 2. The highest BCUT2D eigenvalue weighted by molar-refractivity contribution is 5.70. The highest BCUT2D eigenvalue weighted by atomic mass is 16.5. The first-order valence-corrected chi connectivity index (χ1v) is 9.91. The van der Waals surface area contributed by atoms with Crippen LogP contribution in [-0.4, -0.2) is 24.2 Å². The number of aromatic amines is 1. The van der Waals surface area contributed by atoms with Crippen molar-refractivity contribution < 1.29 is 13.9 Å². The molecule has 4 rings (SSSR count). The average molecular weight is 419 g/mol. The van der Waals surface area contributed by atoms with E-state index in [0.29, 0.717) is 28.8 Å². The molecule has 160 valence electrons.